The van der Waals surface area contributed by atoms with E-state index < -0.39 is 0 Å². The molecule has 4 heteroatoms. The van der Waals surface area contributed by atoms with Crippen LogP contribution >= 0.6 is 11.6 Å². The van der Waals surface area contributed by atoms with Crippen molar-refractivity contribution in [3.63, 3.8) is 0 Å². The molecule has 1 heterocycles. The van der Waals surface area contributed by atoms with Gasteiger partial charge in [0.25, 0.3) is 0 Å². The van der Waals surface area contributed by atoms with Crippen LogP contribution in [-0.2, 0) is 5.54 Å². The number of H-pyrrole nitrogens is 1. The lowest BCUT2D eigenvalue weighted by atomic mass is 9.77. The fourth-order valence-corrected chi connectivity index (χ4v) is 2.95. The van der Waals surface area contributed by atoms with Gasteiger partial charge in [-0.3, -0.25) is 5.10 Å². The minimum atomic E-state index is -0.174. The SMILES string of the molecule is NC1(c2ccc3n[nH]c(Cl)c3c2)CCCCC1. The second-order valence-corrected chi connectivity index (χ2v) is 5.36. The monoisotopic (exact) mass is 249 g/mol. The summed E-state index contributed by atoms with van der Waals surface area (Å²) >= 11 is 6.07. The molecule has 3 nitrogen and oxygen atoms in total. The summed E-state index contributed by atoms with van der Waals surface area (Å²) in [5.41, 5.74) is 8.43. The van der Waals surface area contributed by atoms with Crippen LogP contribution in [0.2, 0.25) is 5.15 Å². The summed E-state index contributed by atoms with van der Waals surface area (Å²) in [6, 6.07) is 6.17. The lowest BCUT2D eigenvalue weighted by molar-refractivity contribution is 0.302. The number of halogens is 1. The summed E-state index contributed by atoms with van der Waals surface area (Å²) in [6.45, 7) is 0. The van der Waals surface area contributed by atoms with Gasteiger partial charge in [-0.05, 0) is 30.5 Å². The van der Waals surface area contributed by atoms with Crippen molar-refractivity contribution in [2.45, 2.75) is 37.6 Å². The molecule has 0 spiro atoms. The molecule has 3 rings (SSSR count). The van der Waals surface area contributed by atoms with Crippen molar-refractivity contribution in [1.29, 1.82) is 0 Å². The molecular formula is C13H16ClN3. The fraction of sp³-hybridized carbons (Fsp3) is 0.462. The van der Waals surface area contributed by atoms with Crippen molar-refractivity contribution in [3.8, 4) is 0 Å². The summed E-state index contributed by atoms with van der Waals surface area (Å²) in [6.07, 6.45) is 5.86. The molecule has 0 saturated heterocycles. The van der Waals surface area contributed by atoms with Crippen molar-refractivity contribution in [2.75, 3.05) is 0 Å². The molecule has 90 valence electrons. The second-order valence-electron chi connectivity index (χ2n) is 4.99. The van der Waals surface area contributed by atoms with Gasteiger partial charge >= 0.3 is 0 Å². The van der Waals surface area contributed by atoms with Crippen molar-refractivity contribution in [2.24, 2.45) is 5.73 Å². The molecule has 1 fully saturated rings. The molecule has 2 aromatic rings. The van der Waals surface area contributed by atoms with Gasteiger partial charge in [0.15, 0.2) is 0 Å². The summed E-state index contributed by atoms with van der Waals surface area (Å²) in [7, 11) is 0. The summed E-state index contributed by atoms with van der Waals surface area (Å²) in [5, 5.41) is 8.49. The minimum absolute atomic E-state index is 0.174. The van der Waals surface area contributed by atoms with Gasteiger partial charge in [-0.15, -0.1) is 0 Å². The highest BCUT2D eigenvalue weighted by atomic mass is 35.5. The largest absolute Gasteiger partial charge is 0.321 e. The number of benzene rings is 1. The summed E-state index contributed by atoms with van der Waals surface area (Å²) in [5.74, 6) is 0. The number of nitrogens with zero attached hydrogens (tertiary/aromatic N) is 1. The van der Waals surface area contributed by atoms with Gasteiger partial charge in [0.05, 0.1) is 5.52 Å². The zero-order valence-corrected chi connectivity index (χ0v) is 10.4. The molecule has 1 saturated carbocycles. The van der Waals surface area contributed by atoms with Crippen LogP contribution in [0.1, 0.15) is 37.7 Å². The predicted octanol–water partition coefficient (Wildman–Crippen LogP) is 3.33. The lowest BCUT2D eigenvalue weighted by Crippen LogP contribution is -2.38. The Balaban J connectivity index is 2.07. The molecule has 0 amide bonds. The van der Waals surface area contributed by atoms with Crippen molar-refractivity contribution >= 4 is 22.5 Å². The van der Waals surface area contributed by atoms with Crippen LogP contribution in [0, 0.1) is 0 Å². The predicted molar refractivity (Wildman–Crippen MR) is 70.1 cm³/mol. The number of hydrogen-bond acceptors (Lipinski definition) is 2. The summed E-state index contributed by atoms with van der Waals surface area (Å²) in [4.78, 5) is 0. The average Bonchev–Trinajstić information content (AvgIpc) is 2.72. The molecule has 0 radical (unpaired) electrons. The third kappa shape index (κ3) is 1.83. The quantitative estimate of drug-likeness (QED) is 0.815. The number of rotatable bonds is 1. The van der Waals surface area contributed by atoms with Gasteiger partial charge in [-0.25, -0.2) is 0 Å². The topological polar surface area (TPSA) is 54.7 Å². The smallest absolute Gasteiger partial charge is 0.132 e. The molecule has 1 aromatic carbocycles. The van der Waals surface area contributed by atoms with Gasteiger partial charge in [0.2, 0.25) is 0 Å². The second kappa shape index (κ2) is 4.00. The van der Waals surface area contributed by atoms with E-state index >= 15 is 0 Å². The molecule has 1 aliphatic rings. The van der Waals surface area contributed by atoms with Gasteiger partial charge < -0.3 is 5.73 Å². The van der Waals surface area contributed by atoms with Crippen LogP contribution in [0.4, 0.5) is 0 Å². The molecule has 0 unspecified atom stereocenters. The molecule has 3 N–H and O–H groups in total. The van der Waals surface area contributed by atoms with Crippen molar-refractivity contribution in [3.05, 3.63) is 28.9 Å². The third-order valence-electron chi connectivity index (χ3n) is 3.83. The van der Waals surface area contributed by atoms with Gasteiger partial charge in [-0.1, -0.05) is 36.9 Å². The van der Waals surface area contributed by atoms with E-state index in [9.17, 15) is 0 Å². The first-order valence-electron chi connectivity index (χ1n) is 6.12. The number of aromatic amines is 1. The van der Waals surface area contributed by atoms with E-state index in [0.29, 0.717) is 5.15 Å². The zero-order valence-electron chi connectivity index (χ0n) is 9.67. The maximum absolute atomic E-state index is 6.52. The number of nitrogens with two attached hydrogens (primary N) is 1. The highest BCUT2D eigenvalue weighted by molar-refractivity contribution is 6.34. The highest BCUT2D eigenvalue weighted by Crippen LogP contribution is 2.36. The fourth-order valence-electron chi connectivity index (χ4n) is 2.76. The Bertz CT molecular complexity index is 541. The van der Waals surface area contributed by atoms with Crippen LogP contribution in [0.3, 0.4) is 0 Å². The van der Waals surface area contributed by atoms with Crippen LogP contribution in [-0.4, -0.2) is 10.2 Å². The maximum atomic E-state index is 6.52. The van der Waals surface area contributed by atoms with E-state index in [4.69, 9.17) is 17.3 Å². The van der Waals surface area contributed by atoms with Crippen LogP contribution in [0.5, 0.6) is 0 Å². The van der Waals surface area contributed by atoms with E-state index in [-0.39, 0.29) is 5.54 Å². The number of nitrogens with one attached hydrogen (secondary N) is 1. The Hall–Kier alpha value is -1.06. The molecule has 17 heavy (non-hydrogen) atoms. The Morgan fingerprint density at radius 3 is 2.76 bits per heavy atom. The molecular weight excluding hydrogens is 234 g/mol. The van der Waals surface area contributed by atoms with E-state index in [1.165, 1.54) is 24.8 Å². The first-order valence-corrected chi connectivity index (χ1v) is 6.50. The number of fused-ring (bicyclic) bond motifs is 1. The minimum Gasteiger partial charge on any atom is -0.321 e. The van der Waals surface area contributed by atoms with Crippen LogP contribution < -0.4 is 5.73 Å². The van der Waals surface area contributed by atoms with Gasteiger partial charge in [-0.2, -0.15) is 5.10 Å². The average molecular weight is 250 g/mol. The molecule has 0 atom stereocenters. The Morgan fingerprint density at radius 2 is 2.00 bits per heavy atom. The highest BCUT2D eigenvalue weighted by Gasteiger charge is 2.29. The van der Waals surface area contributed by atoms with Gasteiger partial charge in [0, 0.05) is 10.9 Å². The Labute approximate surface area is 105 Å². The first-order chi connectivity index (χ1) is 8.19. The number of aromatic nitrogens is 2. The van der Waals surface area contributed by atoms with Crippen LogP contribution in [0.15, 0.2) is 18.2 Å². The number of hydrogen-bond donors (Lipinski definition) is 2. The first kappa shape index (κ1) is 11.1. The van der Waals surface area contributed by atoms with E-state index in [1.807, 2.05) is 6.07 Å². The normalized spacial score (nSPS) is 19.6. The Morgan fingerprint density at radius 1 is 1.24 bits per heavy atom. The van der Waals surface area contributed by atoms with Crippen molar-refractivity contribution in [1.82, 2.24) is 10.2 Å². The molecule has 1 aromatic heterocycles. The van der Waals surface area contributed by atoms with E-state index in [1.54, 1.807) is 0 Å². The Kier molecular flexibility index (Phi) is 2.60. The molecule has 0 bridgehead atoms. The lowest BCUT2D eigenvalue weighted by Gasteiger charge is -2.34. The third-order valence-corrected chi connectivity index (χ3v) is 4.12. The van der Waals surface area contributed by atoms with E-state index in [0.717, 1.165) is 23.7 Å². The molecule has 0 aliphatic heterocycles. The van der Waals surface area contributed by atoms with Crippen molar-refractivity contribution < 1.29 is 0 Å². The zero-order chi connectivity index (χ0) is 11.9. The van der Waals surface area contributed by atoms with Crippen LogP contribution in [0.25, 0.3) is 10.9 Å². The maximum Gasteiger partial charge on any atom is 0.132 e. The van der Waals surface area contributed by atoms with E-state index in [2.05, 4.69) is 22.3 Å². The molecule has 1 aliphatic carbocycles. The van der Waals surface area contributed by atoms with Gasteiger partial charge in [0.1, 0.15) is 5.15 Å². The summed E-state index contributed by atoms with van der Waals surface area (Å²) < 4.78 is 0. The standard InChI is InChI=1S/C13H16ClN3/c14-12-10-8-9(4-5-11(10)16-17-12)13(15)6-2-1-3-7-13/h4-5,8H,1-3,6-7,15H2,(H,16,17).